The lowest BCUT2D eigenvalue weighted by atomic mass is 9.96. The summed E-state index contributed by atoms with van der Waals surface area (Å²) in [5.74, 6) is 0.262. The van der Waals surface area contributed by atoms with Gasteiger partial charge in [-0.25, -0.2) is 9.18 Å². The summed E-state index contributed by atoms with van der Waals surface area (Å²) in [5.41, 5.74) is -0.771. The highest BCUT2D eigenvalue weighted by Gasteiger charge is 2.24. The summed E-state index contributed by atoms with van der Waals surface area (Å²) < 4.78 is 18.1. The molecule has 1 heterocycles. The first-order chi connectivity index (χ1) is 10.4. The number of halogens is 1. The standard InChI is InChI=1S/C16H19FN2O3/c1-11(14-4-3-9-22-14)19-15(20)18-10-16(2,21)12-5-7-13(17)8-6-12/h3-9,11,21H,10H2,1-2H3,(H2,18,19,20)/t11-,16+/m1/s1. The van der Waals surface area contributed by atoms with E-state index in [0.29, 0.717) is 11.3 Å². The van der Waals surface area contributed by atoms with Gasteiger partial charge in [-0.3, -0.25) is 0 Å². The molecule has 0 aliphatic rings. The minimum Gasteiger partial charge on any atom is -0.467 e. The Labute approximate surface area is 128 Å². The van der Waals surface area contributed by atoms with Gasteiger partial charge in [0.2, 0.25) is 0 Å². The summed E-state index contributed by atoms with van der Waals surface area (Å²) in [6, 6.07) is 8.30. The van der Waals surface area contributed by atoms with Crippen molar-refractivity contribution in [2.45, 2.75) is 25.5 Å². The van der Waals surface area contributed by atoms with E-state index in [4.69, 9.17) is 4.42 Å². The van der Waals surface area contributed by atoms with Crippen LogP contribution >= 0.6 is 0 Å². The number of rotatable bonds is 5. The second-order valence-corrected chi connectivity index (χ2v) is 5.34. The maximum atomic E-state index is 12.9. The maximum absolute atomic E-state index is 12.9. The first-order valence-electron chi connectivity index (χ1n) is 6.95. The van der Waals surface area contributed by atoms with Gasteiger partial charge in [0, 0.05) is 0 Å². The molecule has 0 radical (unpaired) electrons. The number of amides is 2. The number of furan rings is 1. The van der Waals surface area contributed by atoms with E-state index in [2.05, 4.69) is 10.6 Å². The van der Waals surface area contributed by atoms with Crippen molar-refractivity contribution in [1.82, 2.24) is 10.6 Å². The third-order valence-corrected chi connectivity index (χ3v) is 3.38. The molecular formula is C16H19FN2O3. The van der Waals surface area contributed by atoms with Crippen molar-refractivity contribution >= 4 is 6.03 Å². The number of carbonyl (C=O) groups is 1. The number of hydrogen-bond donors (Lipinski definition) is 3. The summed E-state index contributed by atoms with van der Waals surface area (Å²) in [7, 11) is 0. The van der Waals surface area contributed by atoms with Crippen LogP contribution in [0.1, 0.15) is 31.2 Å². The lowest BCUT2D eigenvalue weighted by Gasteiger charge is -2.24. The van der Waals surface area contributed by atoms with Gasteiger partial charge in [-0.15, -0.1) is 0 Å². The number of urea groups is 1. The molecular weight excluding hydrogens is 287 g/mol. The average Bonchev–Trinajstić information content (AvgIpc) is 3.00. The van der Waals surface area contributed by atoms with Crippen molar-refractivity contribution in [3.05, 3.63) is 59.8 Å². The van der Waals surface area contributed by atoms with E-state index in [1.807, 2.05) is 0 Å². The Morgan fingerprint density at radius 2 is 2.05 bits per heavy atom. The lowest BCUT2D eigenvalue weighted by molar-refractivity contribution is 0.0592. The SMILES string of the molecule is C[C@@H](NC(=O)NC[C@](C)(O)c1ccc(F)cc1)c1ccco1. The predicted octanol–water partition coefficient (Wildman–Crippen LogP) is 2.69. The predicted molar refractivity (Wildman–Crippen MR) is 79.6 cm³/mol. The molecule has 1 aromatic heterocycles. The molecule has 2 aromatic rings. The highest BCUT2D eigenvalue weighted by atomic mass is 19.1. The van der Waals surface area contributed by atoms with Crippen LogP contribution in [0.2, 0.25) is 0 Å². The van der Waals surface area contributed by atoms with E-state index in [-0.39, 0.29) is 18.4 Å². The molecule has 2 rings (SSSR count). The zero-order chi connectivity index (χ0) is 16.2. The summed E-state index contributed by atoms with van der Waals surface area (Å²) >= 11 is 0. The van der Waals surface area contributed by atoms with Crippen LogP contribution in [-0.4, -0.2) is 17.7 Å². The molecule has 3 N–H and O–H groups in total. The highest BCUT2D eigenvalue weighted by Crippen LogP contribution is 2.20. The molecule has 0 fully saturated rings. The van der Waals surface area contributed by atoms with E-state index >= 15 is 0 Å². The first-order valence-corrected chi connectivity index (χ1v) is 6.95. The quantitative estimate of drug-likeness (QED) is 0.795. The summed E-state index contributed by atoms with van der Waals surface area (Å²) in [5, 5.41) is 15.7. The Morgan fingerprint density at radius 1 is 1.36 bits per heavy atom. The smallest absolute Gasteiger partial charge is 0.315 e. The normalized spacial score (nSPS) is 14.9. The summed E-state index contributed by atoms with van der Waals surface area (Å²) in [6.45, 7) is 3.34. The Bertz CT molecular complexity index is 609. The number of nitrogens with one attached hydrogen (secondary N) is 2. The molecule has 0 aliphatic heterocycles. The molecule has 0 unspecified atom stereocenters. The van der Waals surface area contributed by atoms with Gasteiger partial charge in [0.1, 0.15) is 17.2 Å². The van der Waals surface area contributed by atoms with Crippen molar-refractivity contribution in [3.63, 3.8) is 0 Å². The van der Waals surface area contributed by atoms with Gasteiger partial charge >= 0.3 is 6.03 Å². The van der Waals surface area contributed by atoms with Crippen molar-refractivity contribution < 1.29 is 18.7 Å². The number of carbonyl (C=O) groups excluding carboxylic acids is 1. The fourth-order valence-electron chi connectivity index (χ4n) is 2.02. The Balaban J connectivity index is 1.88. The summed E-state index contributed by atoms with van der Waals surface area (Å²) in [4.78, 5) is 11.8. The zero-order valence-corrected chi connectivity index (χ0v) is 12.5. The van der Waals surface area contributed by atoms with Gasteiger partial charge in [0.15, 0.2) is 0 Å². The van der Waals surface area contributed by atoms with Crippen molar-refractivity contribution in [2.75, 3.05) is 6.54 Å². The Hall–Kier alpha value is -2.34. The minimum absolute atomic E-state index is 0.00462. The monoisotopic (exact) mass is 306 g/mol. The molecule has 0 saturated heterocycles. The summed E-state index contributed by atoms with van der Waals surface area (Å²) in [6.07, 6.45) is 1.53. The average molecular weight is 306 g/mol. The van der Waals surface area contributed by atoms with E-state index in [0.717, 1.165) is 0 Å². The Morgan fingerprint density at radius 3 is 2.64 bits per heavy atom. The van der Waals surface area contributed by atoms with Crippen LogP contribution in [0.25, 0.3) is 0 Å². The zero-order valence-electron chi connectivity index (χ0n) is 12.5. The number of benzene rings is 1. The van der Waals surface area contributed by atoms with Crippen molar-refractivity contribution in [1.29, 1.82) is 0 Å². The van der Waals surface area contributed by atoms with Crippen molar-refractivity contribution in [2.24, 2.45) is 0 Å². The van der Waals surface area contributed by atoms with E-state index in [1.165, 1.54) is 30.5 Å². The molecule has 2 atom stereocenters. The second-order valence-electron chi connectivity index (χ2n) is 5.34. The van der Waals surface area contributed by atoms with E-state index in [9.17, 15) is 14.3 Å². The third kappa shape index (κ3) is 4.08. The van der Waals surface area contributed by atoms with Crippen LogP contribution in [0.4, 0.5) is 9.18 Å². The van der Waals surface area contributed by atoms with Crippen LogP contribution in [0.5, 0.6) is 0 Å². The first kappa shape index (κ1) is 16.0. The highest BCUT2D eigenvalue weighted by molar-refractivity contribution is 5.74. The molecule has 6 heteroatoms. The van der Waals surface area contributed by atoms with Crippen LogP contribution < -0.4 is 10.6 Å². The van der Waals surface area contributed by atoms with Gasteiger partial charge in [0.05, 0.1) is 18.8 Å². The van der Waals surface area contributed by atoms with Gasteiger partial charge in [0.25, 0.3) is 0 Å². The molecule has 0 saturated carbocycles. The topological polar surface area (TPSA) is 74.5 Å². The number of hydrogen-bond acceptors (Lipinski definition) is 3. The molecule has 0 aliphatic carbocycles. The fourth-order valence-corrected chi connectivity index (χ4v) is 2.02. The van der Waals surface area contributed by atoms with E-state index < -0.39 is 11.6 Å². The van der Waals surface area contributed by atoms with Gasteiger partial charge in [-0.1, -0.05) is 12.1 Å². The number of aliphatic hydroxyl groups is 1. The molecule has 2 amide bonds. The fraction of sp³-hybridized carbons (Fsp3) is 0.312. The van der Waals surface area contributed by atoms with Gasteiger partial charge < -0.3 is 20.2 Å². The van der Waals surface area contributed by atoms with Crippen LogP contribution in [0.3, 0.4) is 0 Å². The maximum Gasteiger partial charge on any atom is 0.315 e. The van der Waals surface area contributed by atoms with Crippen molar-refractivity contribution in [3.8, 4) is 0 Å². The molecule has 5 nitrogen and oxygen atoms in total. The van der Waals surface area contributed by atoms with Crippen LogP contribution in [0.15, 0.2) is 47.1 Å². The minimum atomic E-state index is -1.29. The molecule has 118 valence electrons. The largest absolute Gasteiger partial charge is 0.467 e. The van der Waals surface area contributed by atoms with E-state index in [1.54, 1.807) is 26.0 Å². The third-order valence-electron chi connectivity index (χ3n) is 3.38. The molecule has 0 bridgehead atoms. The van der Waals surface area contributed by atoms with Crippen LogP contribution in [-0.2, 0) is 5.60 Å². The Kier molecular flexibility index (Phi) is 4.82. The van der Waals surface area contributed by atoms with Gasteiger partial charge in [-0.2, -0.15) is 0 Å². The molecule has 22 heavy (non-hydrogen) atoms. The van der Waals surface area contributed by atoms with Gasteiger partial charge in [-0.05, 0) is 43.7 Å². The lowest BCUT2D eigenvalue weighted by Crippen LogP contribution is -2.44. The molecule has 0 spiro atoms. The molecule has 1 aromatic carbocycles. The van der Waals surface area contributed by atoms with Crippen LogP contribution in [0, 0.1) is 5.82 Å². The second kappa shape index (κ2) is 6.62.